The number of rotatable bonds is 1. The average molecular weight is 421 g/mol. The van der Waals surface area contributed by atoms with Gasteiger partial charge in [-0.2, -0.15) is 0 Å². The summed E-state index contributed by atoms with van der Waals surface area (Å²) in [4.78, 5) is 0. The standard InChI is InChI=1S/C31H24BN/c1-19-15-20(2)30(21(3)16-19)32-28-18-23-10-5-4-9-22(23)17-27(28)26-13-8-12-25-24-11-6-7-14-29(24)33(32)31(25)26/h4-18H,1-3H3. The smallest absolute Gasteiger partial charge is 0.329 e. The summed E-state index contributed by atoms with van der Waals surface area (Å²) in [5.74, 6) is 0. The van der Waals surface area contributed by atoms with E-state index >= 15 is 0 Å². The molecular weight excluding hydrogens is 397 g/mol. The number of para-hydroxylation sites is 2. The van der Waals surface area contributed by atoms with Crippen LogP contribution in [0.25, 0.3) is 43.7 Å². The van der Waals surface area contributed by atoms with Gasteiger partial charge in [-0.25, -0.2) is 0 Å². The Bertz CT molecular complexity index is 1730. The molecule has 1 aliphatic heterocycles. The zero-order chi connectivity index (χ0) is 22.3. The molecule has 1 nitrogen and oxygen atoms in total. The van der Waals surface area contributed by atoms with Gasteiger partial charge in [0.2, 0.25) is 0 Å². The van der Waals surface area contributed by atoms with Crippen molar-refractivity contribution in [2.24, 2.45) is 0 Å². The topological polar surface area (TPSA) is 4.93 Å². The third-order valence-corrected chi connectivity index (χ3v) is 7.50. The SMILES string of the molecule is Cc1cc(C)c(B2c3cc4ccccc4cc3-c3cccc4c5ccccc5n2c34)c(C)c1. The van der Waals surface area contributed by atoms with Crippen LogP contribution in [-0.4, -0.2) is 11.3 Å². The van der Waals surface area contributed by atoms with Crippen LogP contribution in [0.1, 0.15) is 16.7 Å². The van der Waals surface area contributed by atoms with E-state index in [0.717, 1.165) is 0 Å². The van der Waals surface area contributed by atoms with Crippen LogP contribution >= 0.6 is 0 Å². The zero-order valence-electron chi connectivity index (χ0n) is 19.2. The van der Waals surface area contributed by atoms with Crippen LogP contribution in [0, 0.1) is 20.8 Å². The quantitative estimate of drug-likeness (QED) is 0.267. The molecule has 0 radical (unpaired) electrons. The van der Waals surface area contributed by atoms with E-state index in [0.29, 0.717) is 0 Å². The molecule has 2 heteroatoms. The molecule has 2 heterocycles. The zero-order valence-corrected chi connectivity index (χ0v) is 19.2. The van der Waals surface area contributed by atoms with Crippen LogP contribution in [0.4, 0.5) is 0 Å². The molecule has 0 unspecified atom stereocenters. The Morgan fingerprint density at radius 2 is 1.27 bits per heavy atom. The Kier molecular flexibility index (Phi) is 3.76. The van der Waals surface area contributed by atoms with Crippen molar-refractivity contribution in [1.82, 2.24) is 4.48 Å². The first kappa shape index (κ1) is 18.8. The molecule has 0 saturated carbocycles. The van der Waals surface area contributed by atoms with Crippen LogP contribution in [-0.2, 0) is 0 Å². The predicted molar refractivity (Wildman–Crippen MR) is 143 cm³/mol. The molecule has 0 atom stereocenters. The molecule has 0 saturated heterocycles. The summed E-state index contributed by atoms with van der Waals surface area (Å²) in [5.41, 5.74) is 12.2. The van der Waals surface area contributed by atoms with Crippen molar-refractivity contribution in [2.75, 3.05) is 0 Å². The molecular formula is C31H24BN. The van der Waals surface area contributed by atoms with Gasteiger partial charge in [-0.1, -0.05) is 95.6 Å². The summed E-state index contributed by atoms with van der Waals surface area (Å²) in [6.07, 6.45) is 0. The molecule has 0 fully saturated rings. The molecule has 33 heavy (non-hydrogen) atoms. The third kappa shape index (κ3) is 2.49. The van der Waals surface area contributed by atoms with Crippen LogP contribution in [0.2, 0.25) is 0 Å². The Balaban J connectivity index is 1.73. The maximum Gasteiger partial charge on any atom is 0.329 e. The van der Waals surface area contributed by atoms with Gasteiger partial charge in [-0.3, -0.25) is 0 Å². The molecule has 0 amide bonds. The van der Waals surface area contributed by atoms with E-state index in [-0.39, 0.29) is 6.85 Å². The van der Waals surface area contributed by atoms with Crippen molar-refractivity contribution >= 4 is 50.4 Å². The number of benzene rings is 5. The highest BCUT2D eigenvalue weighted by molar-refractivity contribution is 6.87. The van der Waals surface area contributed by atoms with Crippen molar-refractivity contribution in [3.8, 4) is 11.1 Å². The van der Waals surface area contributed by atoms with Gasteiger partial charge in [0.25, 0.3) is 0 Å². The highest BCUT2D eigenvalue weighted by Gasteiger charge is 2.35. The van der Waals surface area contributed by atoms with Gasteiger partial charge in [0.15, 0.2) is 0 Å². The molecule has 0 N–H and O–H groups in total. The molecule has 156 valence electrons. The summed E-state index contributed by atoms with van der Waals surface area (Å²) in [7, 11) is 0. The van der Waals surface area contributed by atoms with Gasteiger partial charge >= 0.3 is 6.85 Å². The Labute approximate surface area is 194 Å². The second-order valence-corrected chi connectivity index (χ2v) is 9.59. The van der Waals surface area contributed by atoms with Gasteiger partial charge in [0.1, 0.15) is 0 Å². The van der Waals surface area contributed by atoms with E-state index in [2.05, 4.69) is 116 Å². The monoisotopic (exact) mass is 421 g/mol. The number of hydrogen-bond acceptors (Lipinski definition) is 0. The molecule has 0 spiro atoms. The van der Waals surface area contributed by atoms with Crippen molar-refractivity contribution < 1.29 is 0 Å². The normalized spacial score (nSPS) is 12.6. The number of nitrogens with zero attached hydrogens (tertiary/aromatic N) is 1. The Morgan fingerprint density at radius 1 is 0.606 bits per heavy atom. The lowest BCUT2D eigenvalue weighted by atomic mass is 9.45. The van der Waals surface area contributed by atoms with Crippen LogP contribution in [0.5, 0.6) is 0 Å². The van der Waals surface area contributed by atoms with E-state index in [1.807, 2.05) is 0 Å². The number of aromatic nitrogens is 1. The number of fused-ring (bicyclic) bond motifs is 6. The fraction of sp³-hybridized carbons (Fsp3) is 0.0968. The summed E-state index contributed by atoms with van der Waals surface area (Å²) in [6.45, 7) is 6.89. The fourth-order valence-corrected chi connectivity index (χ4v) is 6.30. The predicted octanol–water partition coefficient (Wildman–Crippen LogP) is 6.51. The highest BCUT2D eigenvalue weighted by Crippen LogP contribution is 2.39. The van der Waals surface area contributed by atoms with Crippen molar-refractivity contribution in [3.05, 3.63) is 108 Å². The largest absolute Gasteiger partial charge is 0.375 e. The second kappa shape index (κ2) is 6.62. The van der Waals surface area contributed by atoms with Gasteiger partial charge in [-0.15, -0.1) is 0 Å². The van der Waals surface area contributed by atoms with E-state index < -0.39 is 0 Å². The Hall–Kier alpha value is -3.78. The first-order chi connectivity index (χ1) is 16.1. The summed E-state index contributed by atoms with van der Waals surface area (Å²) < 4.78 is 2.61. The van der Waals surface area contributed by atoms with Crippen molar-refractivity contribution in [2.45, 2.75) is 20.8 Å². The lowest BCUT2D eigenvalue weighted by Crippen LogP contribution is -2.53. The number of hydrogen-bond donors (Lipinski definition) is 0. The summed E-state index contributed by atoms with van der Waals surface area (Å²) in [6, 6.07) is 34.0. The molecule has 5 aromatic carbocycles. The minimum absolute atomic E-state index is 0.141. The van der Waals surface area contributed by atoms with E-state index in [9.17, 15) is 0 Å². The maximum atomic E-state index is 2.61. The van der Waals surface area contributed by atoms with Gasteiger partial charge < -0.3 is 4.48 Å². The average Bonchev–Trinajstić information content (AvgIpc) is 3.15. The molecule has 0 aliphatic carbocycles. The molecule has 1 aliphatic rings. The van der Waals surface area contributed by atoms with E-state index in [1.54, 1.807) is 0 Å². The van der Waals surface area contributed by atoms with E-state index in [4.69, 9.17) is 0 Å². The van der Waals surface area contributed by atoms with Crippen LogP contribution < -0.4 is 10.9 Å². The van der Waals surface area contributed by atoms with Crippen LogP contribution in [0.15, 0.2) is 91.0 Å². The lowest BCUT2D eigenvalue weighted by Gasteiger charge is -2.30. The second-order valence-electron chi connectivity index (χ2n) is 9.59. The van der Waals surface area contributed by atoms with Crippen LogP contribution in [0.3, 0.4) is 0 Å². The van der Waals surface area contributed by atoms with Gasteiger partial charge in [0, 0.05) is 27.4 Å². The number of aryl methyl sites for hydroxylation is 3. The molecule has 0 bridgehead atoms. The molecule has 6 aromatic rings. The molecule has 7 rings (SSSR count). The molecule has 1 aromatic heterocycles. The lowest BCUT2D eigenvalue weighted by molar-refractivity contribution is 1.29. The highest BCUT2D eigenvalue weighted by atomic mass is 14.9. The minimum atomic E-state index is 0.141. The van der Waals surface area contributed by atoms with Gasteiger partial charge in [0.05, 0.1) is 0 Å². The minimum Gasteiger partial charge on any atom is -0.375 e. The van der Waals surface area contributed by atoms with Crippen molar-refractivity contribution in [3.63, 3.8) is 0 Å². The first-order valence-electron chi connectivity index (χ1n) is 11.7. The summed E-state index contributed by atoms with van der Waals surface area (Å²) >= 11 is 0. The first-order valence-corrected chi connectivity index (χ1v) is 11.7. The van der Waals surface area contributed by atoms with Crippen molar-refractivity contribution in [1.29, 1.82) is 0 Å². The third-order valence-electron chi connectivity index (χ3n) is 7.50. The summed E-state index contributed by atoms with van der Waals surface area (Å²) in [5, 5.41) is 5.28. The Morgan fingerprint density at radius 3 is 2.06 bits per heavy atom. The van der Waals surface area contributed by atoms with Gasteiger partial charge in [-0.05, 0) is 60.2 Å². The fourth-order valence-electron chi connectivity index (χ4n) is 6.30. The maximum absolute atomic E-state index is 2.61. The van der Waals surface area contributed by atoms with E-state index in [1.165, 1.54) is 71.3 Å².